The van der Waals surface area contributed by atoms with E-state index in [-0.39, 0.29) is 17.8 Å². The summed E-state index contributed by atoms with van der Waals surface area (Å²) in [6, 6.07) is 21.6. The number of aryl methyl sites for hydroxylation is 1. The van der Waals surface area contributed by atoms with E-state index in [4.69, 9.17) is 28.8 Å². The van der Waals surface area contributed by atoms with Crippen LogP contribution < -0.4 is 15.1 Å². The second kappa shape index (κ2) is 11.0. The molecule has 6 nitrogen and oxygen atoms in total. The number of hydrogen-bond donors (Lipinski definition) is 2. The van der Waals surface area contributed by atoms with Gasteiger partial charge in [-0.1, -0.05) is 43.6 Å². The Kier molecular flexibility index (Phi) is 7.43. The van der Waals surface area contributed by atoms with Crippen molar-refractivity contribution in [1.29, 1.82) is 0 Å². The molecule has 4 unspecified atom stereocenters. The number of hydrogen-bond acceptors (Lipinski definition) is 4. The molecular formula is C33H36ClN5OS. The Bertz CT molecular complexity index is 1580. The summed E-state index contributed by atoms with van der Waals surface area (Å²) in [6.07, 6.45) is 3.06. The van der Waals surface area contributed by atoms with Crippen LogP contribution in [0.5, 0.6) is 5.75 Å². The molecule has 4 aromatic rings. The van der Waals surface area contributed by atoms with Gasteiger partial charge < -0.3 is 24.8 Å². The average Bonchev–Trinajstić information content (AvgIpc) is 3.43. The first-order valence-corrected chi connectivity index (χ1v) is 15.0. The van der Waals surface area contributed by atoms with Gasteiger partial charge in [-0.15, -0.1) is 0 Å². The topological polar surface area (TPSA) is 56.6 Å². The highest BCUT2D eigenvalue weighted by Gasteiger charge is 2.42. The summed E-state index contributed by atoms with van der Waals surface area (Å²) >= 11 is 13.0. The quantitative estimate of drug-likeness (QED) is 0.236. The van der Waals surface area contributed by atoms with E-state index in [1.165, 1.54) is 6.42 Å². The van der Waals surface area contributed by atoms with E-state index in [1.54, 1.807) is 6.07 Å². The van der Waals surface area contributed by atoms with Crippen molar-refractivity contribution in [1.82, 2.24) is 14.9 Å². The number of thiocarbonyl (C=S) groups is 1. The van der Waals surface area contributed by atoms with Crippen molar-refractivity contribution in [3.05, 3.63) is 101 Å². The number of phenolic OH excluding ortho intramolecular Hbond substituents is 1. The molecule has 2 aromatic carbocycles. The second-order valence-corrected chi connectivity index (χ2v) is 12.4. The van der Waals surface area contributed by atoms with E-state index in [0.29, 0.717) is 16.9 Å². The summed E-state index contributed by atoms with van der Waals surface area (Å²) in [4.78, 5) is 9.29. The maximum absolute atomic E-state index is 10.7. The second-order valence-electron chi connectivity index (χ2n) is 11.6. The normalized spacial score (nSPS) is 22.7. The van der Waals surface area contributed by atoms with Crippen LogP contribution in [0.3, 0.4) is 0 Å². The zero-order valence-corrected chi connectivity index (χ0v) is 25.5. The molecule has 2 aliphatic rings. The molecule has 2 saturated heterocycles. The number of nitrogens with zero attached hydrogens (tertiary/aromatic N) is 4. The van der Waals surface area contributed by atoms with Gasteiger partial charge in [-0.25, -0.2) is 0 Å². The lowest BCUT2D eigenvalue weighted by Crippen LogP contribution is -2.38. The number of anilines is 2. The molecule has 41 heavy (non-hydrogen) atoms. The third-order valence-corrected chi connectivity index (χ3v) is 9.05. The molecule has 2 fully saturated rings. The molecule has 0 saturated carbocycles. The number of para-hydroxylation sites is 2. The van der Waals surface area contributed by atoms with Crippen molar-refractivity contribution in [2.45, 2.75) is 46.2 Å². The number of aromatic hydroxyl groups is 1. The van der Waals surface area contributed by atoms with Crippen LogP contribution in [0.15, 0.2) is 72.9 Å². The van der Waals surface area contributed by atoms with Crippen LogP contribution in [-0.4, -0.2) is 32.9 Å². The number of halogens is 1. The summed E-state index contributed by atoms with van der Waals surface area (Å²) in [7, 11) is 0. The van der Waals surface area contributed by atoms with Crippen LogP contribution in [0.1, 0.15) is 55.0 Å². The highest BCUT2D eigenvalue weighted by Crippen LogP contribution is 2.45. The first kappa shape index (κ1) is 27.6. The van der Waals surface area contributed by atoms with Crippen LogP contribution in [0.25, 0.3) is 5.69 Å². The fraction of sp³-hybridized carbons (Fsp3) is 0.333. The van der Waals surface area contributed by atoms with Crippen molar-refractivity contribution >= 4 is 40.3 Å². The van der Waals surface area contributed by atoms with Crippen LogP contribution >= 0.6 is 23.8 Å². The van der Waals surface area contributed by atoms with Crippen molar-refractivity contribution in [3.8, 4) is 11.4 Å². The van der Waals surface area contributed by atoms with Crippen molar-refractivity contribution in [3.63, 3.8) is 0 Å². The third-order valence-electron chi connectivity index (χ3n) is 8.43. The minimum absolute atomic E-state index is 0.177. The maximum Gasteiger partial charge on any atom is 0.174 e. The summed E-state index contributed by atoms with van der Waals surface area (Å²) < 4.78 is 2.11. The van der Waals surface area contributed by atoms with E-state index in [2.05, 4.69) is 65.6 Å². The molecule has 0 amide bonds. The van der Waals surface area contributed by atoms with Crippen LogP contribution in [0.2, 0.25) is 5.02 Å². The van der Waals surface area contributed by atoms with E-state index in [1.807, 2.05) is 48.7 Å². The molecule has 4 heterocycles. The predicted molar refractivity (Wildman–Crippen MR) is 171 cm³/mol. The number of benzene rings is 2. The van der Waals surface area contributed by atoms with E-state index in [9.17, 15) is 5.11 Å². The van der Waals surface area contributed by atoms with Crippen molar-refractivity contribution in [2.24, 2.45) is 11.8 Å². The largest absolute Gasteiger partial charge is 0.506 e. The van der Waals surface area contributed by atoms with Gasteiger partial charge in [-0.2, -0.15) is 0 Å². The van der Waals surface area contributed by atoms with Gasteiger partial charge in [-0.05, 0) is 98.4 Å². The van der Waals surface area contributed by atoms with Crippen LogP contribution in [0.4, 0.5) is 11.4 Å². The lowest BCUT2D eigenvalue weighted by atomic mass is 9.91. The first-order chi connectivity index (χ1) is 19.7. The molecule has 4 atom stereocenters. The lowest BCUT2D eigenvalue weighted by molar-refractivity contribution is 0.357. The third kappa shape index (κ3) is 5.06. The number of piperidine rings is 1. The summed E-state index contributed by atoms with van der Waals surface area (Å²) in [6.45, 7) is 10.8. The van der Waals surface area contributed by atoms with E-state index < -0.39 is 0 Å². The number of rotatable bonds is 5. The number of aromatic nitrogens is 2. The highest BCUT2D eigenvalue weighted by atomic mass is 35.5. The standard InChI is InChI=1S/C33H36ClN5OS/c1-20-15-21(2)19-37(18-20)28-13-12-24(17-26(28)34)39-32(31(36-33(39)41)27-9-7-8-14-35-27)25-16-22(3)38(23(25)4)29-10-5-6-11-30(29)40/h5-14,16-17,20-21,31-32,40H,15,18-19H2,1-4H3,(H,36,41). The van der Waals surface area contributed by atoms with E-state index in [0.717, 1.165) is 57.8 Å². The van der Waals surface area contributed by atoms with Crippen LogP contribution in [0, 0.1) is 25.7 Å². The molecular weight excluding hydrogens is 550 g/mol. The molecule has 0 aliphatic carbocycles. The first-order valence-electron chi connectivity index (χ1n) is 14.2. The Hall–Kier alpha value is -3.55. The number of nitrogens with one attached hydrogen (secondary N) is 1. The Morgan fingerprint density at radius 3 is 2.37 bits per heavy atom. The minimum atomic E-state index is -0.180. The summed E-state index contributed by atoms with van der Waals surface area (Å²) in [5, 5.41) is 15.6. The Balaban J connectivity index is 1.45. The average molecular weight is 586 g/mol. The molecule has 0 spiro atoms. The van der Waals surface area contributed by atoms with Gasteiger partial charge in [0.05, 0.1) is 34.2 Å². The maximum atomic E-state index is 10.7. The lowest BCUT2D eigenvalue weighted by Gasteiger charge is -2.37. The SMILES string of the molecule is Cc1cc(C2C(c3ccccn3)NC(=S)N2c2ccc(N3CC(C)CC(C)C3)c(Cl)c2)c(C)n1-c1ccccc1O. The van der Waals surface area contributed by atoms with Gasteiger partial charge in [0.15, 0.2) is 5.11 Å². The van der Waals surface area contributed by atoms with Gasteiger partial charge in [0.25, 0.3) is 0 Å². The zero-order valence-electron chi connectivity index (χ0n) is 23.9. The zero-order chi connectivity index (χ0) is 28.8. The van der Waals surface area contributed by atoms with Gasteiger partial charge in [0, 0.05) is 36.4 Å². The molecule has 8 heteroatoms. The van der Waals surface area contributed by atoms with E-state index >= 15 is 0 Å². The highest BCUT2D eigenvalue weighted by molar-refractivity contribution is 7.80. The number of pyridine rings is 1. The fourth-order valence-electron chi connectivity index (χ4n) is 6.82. The Morgan fingerprint density at radius 1 is 0.951 bits per heavy atom. The summed E-state index contributed by atoms with van der Waals surface area (Å²) in [5.74, 6) is 1.50. The monoisotopic (exact) mass is 585 g/mol. The molecule has 0 bridgehead atoms. The molecule has 2 aromatic heterocycles. The predicted octanol–water partition coefficient (Wildman–Crippen LogP) is 7.51. The molecule has 2 N–H and O–H groups in total. The van der Waals surface area contributed by atoms with Crippen LogP contribution in [-0.2, 0) is 0 Å². The summed E-state index contributed by atoms with van der Waals surface area (Å²) in [5.41, 5.74) is 6.83. The Labute approximate surface area is 252 Å². The fourth-order valence-corrected chi connectivity index (χ4v) is 7.46. The van der Waals surface area contributed by atoms with Gasteiger partial charge in [0.2, 0.25) is 0 Å². The smallest absolute Gasteiger partial charge is 0.174 e. The minimum Gasteiger partial charge on any atom is -0.506 e. The molecule has 0 radical (unpaired) electrons. The molecule has 212 valence electrons. The molecule has 6 rings (SSSR count). The van der Waals surface area contributed by atoms with Gasteiger partial charge in [0.1, 0.15) is 5.75 Å². The molecule has 2 aliphatic heterocycles. The van der Waals surface area contributed by atoms with Gasteiger partial charge in [-0.3, -0.25) is 4.98 Å². The number of phenols is 1. The van der Waals surface area contributed by atoms with Gasteiger partial charge >= 0.3 is 0 Å². The Morgan fingerprint density at radius 2 is 1.68 bits per heavy atom. The van der Waals surface area contributed by atoms with Crippen molar-refractivity contribution < 1.29 is 5.11 Å². The van der Waals surface area contributed by atoms with Crippen molar-refractivity contribution in [2.75, 3.05) is 22.9 Å².